The number of nitrogens with two attached hydrogens (primary N) is 1. The van der Waals surface area contributed by atoms with Gasteiger partial charge in [0, 0.05) is 0 Å². The third-order valence-corrected chi connectivity index (χ3v) is 5.50. The monoisotopic (exact) mass is 341 g/mol. The third-order valence-electron chi connectivity index (χ3n) is 4.09. The molecule has 2 aliphatic heterocycles. The molecule has 0 saturated carbocycles. The van der Waals surface area contributed by atoms with Crippen LogP contribution in [0.25, 0.3) is 11.2 Å². The molecular formula is C11H17BN5O5P. The molecule has 4 heterocycles. The fourth-order valence-electron chi connectivity index (χ4n) is 3.04. The summed E-state index contributed by atoms with van der Waals surface area (Å²) >= 11 is 0. The second-order valence-electron chi connectivity index (χ2n) is 5.64. The van der Waals surface area contributed by atoms with E-state index in [-0.39, 0.29) is 12.7 Å². The van der Waals surface area contributed by atoms with Gasteiger partial charge in [-0.25, -0.2) is 0 Å². The molecule has 0 amide bonds. The molecular weight excluding hydrogens is 324 g/mol. The van der Waals surface area contributed by atoms with Crippen LogP contribution in [0.15, 0.2) is 12.7 Å². The number of ether oxygens (including phenoxy) is 2. The van der Waals surface area contributed by atoms with E-state index in [1.54, 1.807) is 25.6 Å². The van der Waals surface area contributed by atoms with Gasteiger partial charge in [0.25, 0.3) is 0 Å². The van der Waals surface area contributed by atoms with Crippen LogP contribution in [-0.2, 0) is 18.5 Å². The molecule has 2 aliphatic rings. The van der Waals surface area contributed by atoms with Crippen LogP contribution in [0.3, 0.4) is 0 Å². The number of nitrogens with zero attached hydrogens (tertiary/aromatic N) is 4. The van der Waals surface area contributed by atoms with E-state index in [1.807, 2.05) is 0 Å². The Labute approximate surface area is 132 Å². The van der Waals surface area contributed by atoms with Crippen LogP contribution in [0.1, 0.15) is 6.23 Å². The fraction of sp³-hybridized carbons (Fsp3) is 0.545. The number of methoxy groups -OCH3 is 1. The Morgan fingerprint density at radius 2 is 2.30 bits per heavy atom. The summed E-state index contributed by atoms with van der Waals surface area (Å²) in [5.41, 5.74) is 6.87. The van der Waals surface area contributed by atoms with Crippen LogP contribution in [0.5, 0.6) is 0 Å². The van der Waals surface area contributed by atoms with Gasteiger partial charge >= 0.3 is 132 Å². The van der Waals surface area contributed by atoms with Crippen molar-refractivity contribution < 1.29 is 23.4 Å². The minimum absolute atomic E-state index is 0.254. The first-order valence-electron chi connectivity index (χ1n) is 7.15. The summed E-state index contributed by atoms with van der Waals surface area (Å²) in [5, 5.41) is 0. The van der Waals surface area contributed by atoms with Crippen molar-refractivity contribution >= 4 is 32.4 Å². The van der Waals surface area contributed by atoms with E-state index < -0.39 is 26.3 Å². The van der Waals surface area contributed by atoms with E-state index in [2.05, 4.69) is 15.0 Å². The van der Waals surface area contributed by atoms with E-state index >= 15 is 0 Å². The average Bonchev–Trinajstić information content (AvgIpc) is 3.07. The molecule has 124 valence electrons. The summed E-state index contributed by atoms with van der Waals surface area (Å²) in [4.78, 5) is 22.5. The first-order valence-corrected chi connectivity index (χ1v) is 9.42. The summed E-state index contributed by atoms with van der Waals surface area (Å²) in [5.74, 6) is 0.299. The Morgan fingerprint density at radius 3 is 3.09 bits per heavy atom. The molecule has 4 atom stereocenters. The summed E-state index contributed by atoms with van der Waals surface area (Å²) in [6.07, 6.45) is 1.25. The number of hydrogen-bond acceptors (Lipinski definition) is 9. The molecule has 4 rings (SSSR count). The van der Waals surface area contributed by atoms with Crippen molar-refractivity contribution in [3.8, 4) is 0 Å². The normalized spacial score (nSPS) is 34.3. The Bertz CT molecular complexity index is 745. The van der Waals surface area contributed by atoms with Gasteiger partial charge in [-0.1, -0.05) is 0 Å². The van der Waals surface area contributed by atoms with Gasteiger partial charge in [-0.3, -0.25) is 0 Å². The third kappa shape index (κ3) is 2.40. The van der Waals surface area contributed by atoms with Crippen LogP contribution in [0.4, 0.5) is 5.82 Å². The quantitative estimate of drug-likeness (QED) is 0.510. The van der Waals surface area contributed by atoms with Gasteiger partial charge in [-0.2, -0.15) is 0 Å². The number of hydrogen-bond donors (Lipinski definition) is 2. The summed E-state index contributed by atoms with van der Waals surface area (Å²) in [7, 11) is 0.00167. The van der Waals surface area contributed by atoms with Crippen molar-refractivity contribution in [2.24, 2.45) is 0 Å². The average molecular weight is 341 g/mol. The molecule has 0 radical (unpaired) electrons. The summed E-state index contributed by atoms with van der Waals surface area (Å²) in [6.45, 7) is 0.254. The maximum atomic E-state index is 10.1. The molecule has 0 aromatic carbocycles. The van der Waals surface area contributed by atoms with Gasteiger partial charge in [-0.15, -0.1) is 0 Å². The number of fused-ring (bicyclic) bond motifs is 2. The van der Waals surface area contributed by atoms with Crippen molar-refractivity contribution in [2.75, 3.05) is 19.5 Å². The van der Waals surface area contributed by atoms with Crippen molar-refractivity contribution in [1.29, 1.82) is 0 Å². The number of nitrogen functional groups attached to an aromatic ring is 1. The van der Waals surface area contributed by atoms with Gasteiger partial charge in [-0.05, 0) is 0 Å². The fourth-order valence-corrected chi connectivity index (χ4v) is 4.37. The summed E-state index contributed by atoms with van der Waals surface area (Å²) < 4.78 is 24.4. The Kier molecular flexibility index (Phi) is 3.52. The number of aromatic nitrogens is 4. The first kappa shape index (κ1) is 15.2. The van der Waals surface area contributed by atoms with Crippen LogP contribution in [-0.4, -0.2) is 64.0 Å². The molecule has 2 aromatic heterocycles. The molecule has 12 heteroatoms. The van der Waals surface area contributed by atoms with E-state index in [0.29, 0.717) is 17.0 Å². The molecule has 2 aromatic rings. The van der Waals surface area contributed by atoms with Gasteiger partial charge in [0.1, 0.15) is 0 Å². The van der Waals surface area contributed by atoms with Crippen molar-refractivity contribution in [2.45, 2.75) is 24.5 Å². The molecule has 0 unspecified atom stereocenters. The maximum absolute atomic E-state index is 10.1. The van der Waals surface area contributed by atoms with Gasteiger partial charge in [0.2, 0.25) is 0 Å². The zero-order valence-corrected chi connectivity index (χ0v) is 13.6. The molecule has 0 bridgehead atoms. The van der Waals surface area contributed by atoms with E-state index in [4.69, 9.17) is 24.3 Å². The standard InChI is InChI=1S/C11H17BN5O5P/c1-19-8-7-5(2-20-23(12,18)22-7)21-11(8)17-4-16-6-9(13)14-3-15-10(6)17/h3-5,7-8,11,18,23H,2,12H2,1H3,(H2,13,14,15)/t5-,7+,8+,11-/m1/s1. The molecule has 2 fully saturated rings. The van der Waals surface area contributed by atoms with E-state index in [9.17, 15) is 4.89 Å². The molecule has 2 saturated heterocycles. The zero-order chi connectivity index (χ0) is 16.2. The number of anilines is 1. The van der Waals surface area contributed by atoms with Crippen LogP contribution in [0, 0.1) is 0 Å². The molecule has 23 heavy (non-hydrogen) atoms. The Hall–Kier alpha value is -1.36. The van der Waals surface area contributed by atoms with Crippen LogP contribution >= 0.6 is 7.82 Å². The van der Waals surface area contributed by atoms with E-state index in [1.165, 1.54) is 6.33 Å². The Morgan fingerprint density at radius 1 is 1.48 bits per heavy atom. The topological polar surface area (TPSA) is 127 Å². The zero-order valence-electron chi connectivity index (χ0n) is 12.6. The predicted octanol–water partition coefficient (Wildman–Crippen LogP) is -1.23. The first-order chi connectivity index (χ1) is 11.0. The van der Waals surface area contributed by atoms with Crippen LogP contribution in [0.2, 0.25) is 0 Å². The number of rotatable bonds is 2. The van der Waals surface area contributed by atoms with Gasteiger partial charge < -0.3 is 0 Å². The second kappa shape index (κ2) is 5.33. The van der Waals surface area contributed by atoms with E-state index in [0.717, 1.165) is 0 Å². The van der Waals surface area contributed by atoms with Crippen molar-refractivity contribution in [3.63, 3.8) is 0 Å². The van der Waals surface area contributed by atoms with Crippen LogP contribution < -0.4 is 5.73 Å². The SMILES string of the molecule is B[PH]1(O)OC[C@H]2O[C@@H](n3cnc4c(N)ncnc43)[C@@H](OC)[C@H]2O1. The number of imidazole rings is 1. The molecule has 10 nitrogen and oxygen atoms in total. The molecule has 0 aliphatic carbocycles. The Balaban J connectivity index is 1.72. The van der Waals surface area contributed by atoms with Gasteiger partial charge in [0.15, 0.2) is 0 Å². The van der Waals surface area contributed by atoms with Crippen molar-refractivity contribution in [1.82, 2.24) is 19.5 Å². The molecule has 0 spiro atoms. The predicted molar refractivity (Wildman–Crippen MR) is 84.3 cm³/mol. The minimum atomic E-state index is -3.14. The van der Waals surface area contributed by atoms with Crippen molar-refractivity contribution in [3.05, 3.63) is 12.7 Å². The second-order valence-corrected chi connectivity index (χ2v) is 7.96. The summed E-state index contributed by atoms with van der Waals surface area (Å²) in [6, 6.07) is 0. The van der Waals surface area contributed by atoms with Gasteiger partial charge in [0.05, 0.1) is 0 Å². The molecule has 3 N–H and O–H groups in total.